The topological polar surface area (TPSA) is 55.4 Å². The van der Waals surface area contributed by atoms with Crippen molar-refractivity contribution in [1.82, 2.24) is 5.32 Å². The molecule has 0 spiro atoms. The van der Waals surface area contributed by atoms with E-state index in [1.54, 1.807) is 6.92 Å². The average molecular weight is 255 g/mol. The predicted octanol–water partition coefficient (Wildman–Crippen LogP) is 1.91. The highest BCUT2D eigenvalue weighted by atomic mass is 32.1. The molecular formula is C12H17NO3S. The van der Waals surface area contributed by atoms with Crippen molar-refractivity contribution in [2.45, 2.75) is 27.2 Å². The van der Waals surface area contributed by atoms with Gasteiger partial charge in [0.25, 0.3) is 5.91 Å². The maximum absolute atomic E-state index is 11.7. The minimum Gasteiger partial charge on any atom is -0.465 e. The fourth-order valence-corrected chi connectivity index (χ4v) is 2.46. The van der Waals surface area contributed by atoms with Crippen molar-refractivity contribution in [2.24, 2.45) is 0 Å². The molecule has 0 aliphatic carbocycles. The molecule has 5 heteroatoms. The number of amides is 1. The lowest BCUT2D eigenvalue weighted by molar-refractivity contribution is -0.141. The highest BCUT2D eigenvalue weighted by Crippen LogP contribution is 2.22. The molecule has 4 nitrogen and oxygen atoms in total. The summed E-state index contributed by atoms with van der Waals surface area (Å²) in [5, 5.41) is 2.55. The van der Waals surface area contributed by atoms with Crippen LogP contribution in [0.15, 0.2) is 6.07 Å². The smallest absolute Gasteiger partial charge is 0.325 e. The second kappa shape index (κ2) is 6.39. The number of nitrogens with one attached hydrogen (secondary N) is 1. The first-order valence-electron chi connectivity index (χ1n) is 5.61. The van der Waals surface area contributed by atoms with Crippen molar-refractivity contribution >= 4 is 23.2 Å². The van der Waals surface area contributed by atoms with Gasteiger partial charge in [0.2, 0.25) is 0 Å². The molecule has 94 valence electrons. The summed E-state index contributed by atoms with van der Waals surface area (Å²) >= 11 is 1.47. The lowest BCUT2D eigenvalue weighted by atomic mass is 10.2. The van der Waals surface area contributed by atoms with Gasteiger partial charge in [-0.3, -0.25) is 9.59 Å². The third-order valence-electron chi connectivity index (χ3n) is 2.26. The largest absolute Gasteiger partial charge is 0.465 e. The van der Waals surface area contributed by atoms with Gasteiger partial charge in [0.05, 0.1) is 11.5 Å². The van der Waals surface area contributed by atoms with Crippen molar-refractivity contribution in [1.29, 1.82) is 0 Å². The molecule has 1 aromatic rings. The van der Waals surface area contributed by atoms with Crippen LogP contribution in [0.1, 0.15) is 34.0 Å². The summed E-state index contributed by atoms with van der Waals surface area (Å²) < 4.78 is 4.73. The van der Waals surface area contributed by atoms with Gasteiger partial charge in [0.15, 0.2) is 0 Å². The number of hydrogen-bond acceptors (Lipinski definition) is 4. The first kappa shape index (κ1) is 13.7. The molecule has 0 aliphatic rings. The highest BCUT2D eigenvalue weighted by Gasteiger charge is 2.12. The second-order valence-electron chi connectivity index (χ2n) is 3.56. The predicted molar refractivity (Wildman–Crippen MR) is 67.4 cm³/mol. The molecule has 0 radical (unpaired) electrons. The Labute approximate surface area is 105 Å². The van der Waals surface area contributed by atoms with Crippen LogP contribution < -0.4 is 5.32 Å². The van der Waals surface area contributed by atoms with Crippen LogP contribution in [0.2, 0.25) is 0 Å². The van der Waals surface area contributed by atoms with E-state index in [2.05, 4.69) is 12.2 Å². The standard InChI is InChI=1S/C12H17NO3S/c1-4-9-8(3)6-10(17-9)12(15)13-7-11(14)16-5-2/h6H,4-5,7H2,1-3H3,(H,13,15). The number of hydrogen-bond donors (Lipinski definition) is 1. The number of esters is 1. The molecule has 1 rings (SSSR count). The molecule has 0 aromatic carbocycles. The fourth-order valence-electron chi connectivity index (χ4n) is 1.43. The molecule has 1 aromatic heterocycles. The molecule has 0 saturated carbocycles. The van der Waals surface area contributed by atoms with Gasteiger partial charge in [0, 0.05) is 4.88 Å². The molecule has 0 unspecified atom stereocenters. The summed E-state index contributed by atoms with van der Waals surface area (Å²) in [6.45, 7) is 6.02. The Morgan fingerprint density at radius 2 is 2.12 bits per heavy atom. The van der Waals surface area contributed by atoms with Gasteiger partial charge in [-0.15, -0.1) is 11.3 Å². The first-order chi connectivity index (χ1) is 8.08. The number of thiophene rings is 1. The number of carbonyl (C=O) groups excluding carboxylic acids is 2. The number of rotatable bonds is 5. The van der Waals surface area contributed by atoms with E-state index in [0.717, 1.165) is 12.0 Å². The van der Waals surface area contributed by atoms with E-state index in [1.165, 1.54) is 16.2 Å². The Kier molecular flexibility index (Phi) is 5.15. The Morgan fingerprint density at radius 3 is 2.65 bits per heavy atom. The van der Waals surface area contributed by atoms with Gasteiger partial charge < -0.3 is 10.1 Å². The summed E-state index contributed by atoms with van der Waals surface area (Å²) in [5.41, 5.74) is 1.12. The van der Waals surface area contributed by atoms with E-state index < -0.39 is 5.97 Å². The lowest BCUT2D eigenvalue weighted by Crippen LogP contribution is -2.30. The van der Waals surface area contributed by atoms with Crippen LogP contribution in [-0.4, -0.2) is 25.0 Å². The molecule has 0 aliphatic heterocycles. The Balaban J connectivity index is 2.55. The average Bonchev–Trinajstić information content (AvgIpc) is 2.68. The Bertz CT molecular complexity index is 412. The highest BCUT2D eigenvalue weighted by molar-refractivity contribution is 7.14. The fraction of sp³-hybridized carbons (Fsp3) is 0.500. The van der Waals surface area contributed by atoms with Gasteiger partial charge in [-0.05, 0) is 31.9 Å². The van der Waals surface area contributed by atoms with E-state index in [1.807, 2.05) is 13.0 Å². The Hall–Kier alpha value is -1.36. The number of ether oxygens (including phenoxy) is 1. The third kappa shape index (κ3) is 3.85. The van der Waals surface area contributed by atoms with E-state index in [9.17, 15) is 9.59 Å². The molecule has 0 fully saturated rings. The van der Waals surface area contributed by atoms with Gasteiger partial charge in [-0.2, -0.15) is 0 Å². The maximum atomic E-state index is 11.7. The summed E-state index contributed by atoms with van der Waals surface area (Å²) in [4.78, 5) is 24.6. The monoisotopic (exact) mass is 255 g/mol. The van der Waals surface area contributed by atoms with Gasteiger partial charge in [-0.25, -0.2) is 0 Å². The van der Waals surface area contributed by atoms with Gasteiger partial charge in [-0.1, -0.05) is 6.92 Å². The van der Waals surface area contributed by atoms with Crippen molar-refractivity contribution in [3.05, 3.63) is 21.4 Å². The quantitative estimate of drug-likeness (QED) is 0.818. The number of carbonyl (C=O) groups is 2. The summed E-state index contributed by atoms with van der Waals surface area (Å²) in [7, 11) is 0. The second-order valence-corrected chi connectivity index (χ2v) is 4.69. The molecule has 1 heterocycles. The maximum Gasteiger partial charge on any atom is 0.325 e. The van der Waals surface area contributed by atoms with Gasteiger partial charge in [0.1, 0.15) is 6.54 Å². The molecule has 1 N–H and O–H groups in total. The van der Waals surface area contributed by atoms with Gasteiger partial charge >= 0.3 is 5.97 Å². The third-order valence-corrected chi connectivity index (χ3v) is 3.64. The van der Waals surface area contributed by atoms with Crippen LogP contribution in [-0.2, 0) is 16.0 Å². The van der Waals surface area contributed by atoms with E-state index in [-0.39, 0.29) is 12.5 Å². The van der Waals surface area contributed by atoms with E-state index >= 15 is 0 Å². The minimum atomic E-state index is -0.412. The van der Waals surface area contributed by atoms with Crippen LogP contribution in [0.3, 0.4) is 0 Å². The minimum absolute atomic E-state index is 0.0783. The Morgan fingerprint density at radius 1 is 1.41 bits per heavy atom. The van der Waals surface area contributed by atoms with Crippen molar-refractivity contribution in [3.63, 3.8) is 0 Å². The van der Waals surface area contributed by atoms with Crippen LogP contribution in [0, 0.1) is 6.92 Å². The molecule has 0 saturated heterocycles. The summed E-state index contributed by atoms with van der Waals surface area (Å²) in [6.07, 6.45) is 0.918. The van der Waals surface area contributed by atoms with Crippen LogP contribution in [0.4, 0.5) is 0 Å². The van der Waals surface area contributed by atoms with Crippen molar-refractivity contribution < 1.29 is 14.3 Å². The zero-order valence-electron chi connectivity index (χ0n) is 10.3. The van der Waals surface area contributed by atoms with Crippen molar-refractivity contribution in [2.75, 3.05) is 13.2 Å². The molecular weight excluding hydrogens is 238 g/mol. The van der Waals surface area contributed by atoms with E-state index in [0.29, 0.717) is 11.5 Å². The summed E-state index contributed by atoms with van der Waals surface area (Å²) in [5.74, 6) is -0.629. The molecule has 0 atom stereocenters. The first-order valence-corrected chi connectivity index (χ1v) is 6.43. The van der Waals surface area contributed by atoms with Crippen LogP contribution in [0.5, 0.6) is 0 Å². The molecule has 1 amide bonds. The summed E-state index contributed by atoms with van der Waals surface area (Å²) in [6, 6.07) is 1.85. The number of aryl methyl sites for hydroxylation is 2. The van der Waals surface area contributed by atoms with E-state index in [4.69, 9.17) is 4.74 Å². The SMILES string of the molecule is CCOC(=O)CNC(=O)c1cc(C)c(CC)s1. The molecule has 0 bridgehead atoms. The zero-order chi connectivity index (χ0) is 12.8. The van der Waals surface area contributed by atoms with Crippen LogP contribution in [0.25, 0.3) is 0 Å². The lowest BCUT2D eigenvalue weighted by Gasteiger charge is -2.02. The van der Waals surface area contributed by atoms with Crippen LogP contribution >= 0.6 is 11.3 Å². The zero-order valence-corrected chi connectivity index (χ0v) is 11.1. The molecule has 17 heavy (non-hydrogen) atoms. The normalized spacial score (nSPS) is 10.1. The van der Waals surface area contributed by atoms with Crippen molar-refractivity contribution in [3.8, 4) is 0 Å².